The van der Waals surface area contributed by atoms with Crippen LogP contribution in [0.25, 0.3) is 16.6 Å². The van der Waals surface area contributed by atoms with Gasteiger partial charge in [0.1, 0.15) is 11.4 Å². The fraction of sp³-hybridized carbons (Fsp3) is 0.227. The second-order valence-corrected chi connectivity index (χ2v) is 7.23. The van der Waals surface area contributed by atoms with E-state index in [1.165, 1.54) is 23.1 Å². The van der Waals surface area contributed by atoms with E-state index in [0.717, 1.165) is 19.4 Å². The predicted octanol–water partition coefficient (Wildman–Crippen LogP) is 4.35. The molecule has 0 bridgehead atoms. The lowest BCUT2D eigenvalue weighted by molar-refractivity contribution is 0.442. The second kappa shape index (κ2) is 7.79. The molecule has 0 saturated carbocycles. The number of halogens is 2. The molecule has 0 amide bonds. The minimum atomic E-state index is -0.759. The molecule has 1 unspecified atom stereocenters. The van der Waals surface area contributed by atoms with Gasteiger partial charge in [-0.3, -0.25) is 4.98 Å². The number of piperidine rings is 1. The maximum absolute atomic E-state index is 14.9. The van der Waals surface area contributed by atoms with Gasteiger partial charge in [-0.05, 0) is 37.6 Å². The number of benzene rings is 1. The molecular formula is C22H19F2N5O. The summed E-state index contributed by atoms with van der Waals surface area (Å²) in [5.41, 5.74) is 1.14. The van der Waals surface area contributed by atoms with Crippen LogP contribution in [0.15, 0.2) is 54.9 Å². The van der Waals surface area contributed by atoms with Crippen molar-refractivity contribution in [1.29, 1.82) is 0 Å². The van der Waals surface area contributed by atoms with Crippen LogP contribution in [0.2, 0.25) is 0 Å². The third-order valence-corrected chi connectivity index (χ3v) is 5.25. The van der Waals surface area contributed by atoms with Crippen molar-refractivity contribution in [2.75, 3.05) is 13.1 Å². The lowest BCUT2D eigenvalue weighted by Crippen LogP contribution is -2.28. The summed E-state index contributed by atoms with van der Waals surface area (Å²) in [6, 6.07) is 12.1. The summed E-state index contributed by atoms with van der Waals surface area (Å²) in [6.07, 6.45) is 4.54. The highest BCUT2D eigenvalue weighted by molar-refractivity contribution is 5.83. The first-order valence-electron chi connectivity index (χ1n) is 9.83. The smallest absolute Gasteiger partial charge is 0.242 e. The molecule has 0 aliphatic carbocycles. The monoisotopic (exact) mass is 407 g/mol. The van der Waals surface area contributed by atoms with Gasteiger partial charge in [0.15, 0.2) is 5.82 Å². The zero-order chi connectivity index (χ0) is 20.5. The van der Waals surface area contributed by atoms with E-state index in [0.29, 0.717) is 28.9 Å². The summed E-state index contributed by atoms with van der Waals surface area (Å²) in [7, 11) is 0. The topological polar surface area (TPSA) is 64.9 Å². The van der Waals surface area contributed by atoms with Crippen LogP contribution < -0.4 is 10.1 Å². The van der Waals surface area contributed by atoms with Crippen molar-refractivity contribution in [3.05, 3.63) is 72.3 Å². The number of rotatable bonds is 4. The third-order valence-electron chi connectivity index (χ3n) is 5.25. The summed E-state index contributed by atoms with van der Waals surface area (Å²) in [5.74, 6) is -0.488. The van der Waals surface area contributed by atoms with Crippen LogP contribution >= 0.6 is 0 Å². The van der Waals surface area contributed by atoms with E-state index in [1.54, 1.807) is 18.2 Å². The maximum Gasteiger partial charge on any atom is 0.242 e. The van der Waals surface area contributed by atoms with Crippen molar-refractivity contribution in [2.45, 2.75) is 18.8 Å². The quantitative estimate of drug-likeness (QED) is 0.510. The molecule has 3 aromatic heterocycles. The van der Waals surface area contributed by atoms with E-state index in [-0.39, 0.29) is 17.5 Å². The van der Waals surface area contributed by atoms with Gasteiger partial charge in [0.25, 0.3) is 0 Å². The molecule has 1 N–H and O–H groups in total. The molecule has 4 aromatic rings. The van der Waals surface area contributed by atoms with Crippen molar-refractivity contribution >= 4 is 10.9 Å². The Hall–Kier alpha value is -3.39. The highest BCUT2D eigenvalue weighted by atomic mass is 19.1. The van der Waals surface area contributed by atoms with Crippen LogP contribution in [-0.2, 0) is 0 Å². The van der Waals surface area contributed by atoms with E-state index >= 15 is 0 Å². The Bertz CT molecular complexity index is 1190. The van der Waals surface area contributed by atoms with Crippen LogP contribution in [0.4, 0.5) is 8.78 Å². The van der Waals surface area contributed by atoms with Gasteiger partial charge in [0.05, 0.1) is 29.0 Å². The average molecular weight is 407 g/mol. The standard InChI is InChI=1S/C22H19F2N5O/c23-16-12-26-13-18-20(16)21(14-5-4-10-25-11-14)28-29(18)17-8-9-19(27-22(17)24)30-15-6-2-1-3-7-15/h1-3,6-9,12-14,25H,4-5,10-11H2. The van der Waals surface area contributed by atoms with Crippen LogP contribution in [0.3, 0.4) is 0 Å². The zero-order valence-corrected chi connectivity index (χ0v) is 16.1. The minimum Gasteiger partial charge on any atom is -0.439 e. The molecule has 4 heterocycles. The van der Waals surface area contributed by atoms with Gasteiger partial charge >= 0.3 is 0 Å². The van der Waals surface area contributed by atoms with Crippen molar-refractivity contribution in [2.24, 2.45) is 0 Å². The van der Waals surface area contributed by atoms with Crippen molar-refractivity contribution in [3.8, 4) is 17.3 Å². The molecule has 0 radical (unpaired) electrons. The van der Waals surface area contributed by atoms with Crippen LogP contribution in [0.5, 0.6) is 11.6 Å². The Morgan fingerprint density at radius 3 is 2.70 bits per heavy atom. The molecular weight excluding hydrogens is 388 g/mol. The summed E-state index contributed by atoms with van der Waals surface area (Å²) < 4.78 is 36.6. The van der Waals surface area contributed by atoms with E-state index in [9.17, 15) is 8.78 Å². The summed E-state index contributed by atoms with van der Waals surface area (Å²) in [6.45, 7) is 1.64. The SMILES string of the molecule is Fc1nc(Oc2ccccc2)ccc1-n1nc(C2CCCNC2)c2c(F)cncc21. The fourth-order valence-corrected chi connectivity index (χ4v) is 3.84. The van der Waals surface area contributed by atoms with Gasteiger partial charge in [-0.1, -0.05) is 18.2 Å². The Kier molecular flexibility index (Phi) is 4.84. The number of aromatic nitrogens is 4. The lowest BCUT2D eigenvalue weighted by Gasteiger charge is -2.21. The molecule has 1 aliphatic heterocycles. The van der Waals surface area contributed by atoms with Gasteiger partial charge < -0.3 is 10.1 Å². The molecule has 5 rings (SSSR count). The van der Waals surface area contributed by atoms with E-state index in [4.69, 9.17) is 4.74 Å². The van der Waals surface area contributed by atoms with Gasteiger partial charge in [-0.15, -0.1) is 0 Å². The normalized spacial score (nSPS) is 16.7. The van der Waals surface area contributed by atoms with Crippen LogP contribution in [0.1, 0.15) is 24.5 Å². The average Bonchev–Trinajstić information content (AvgIpc) is 3.16. The molecule has 1 saturated heterocycles. The number of nitrogens with one attached hydrogen (secondary N) is 1. The Labute approximate surface area is 171 Å². The van der Waals surface area contributed by atoms with Crippen molar-refractivity contribution in [3.63, 3.8) is 0 Å². The van der Waals surface area contributed by atoms with Crippen LogP contribution in [-0.4, -0.2) is 32.8 Å². The van der Waals surface area contributed by atoms with Gasteiger partial charge in [-0.25, -0.2) is 9.07 Å². The second-order valence-electron chi connectivity index (χ2n) is 7.23. The number of hydrogen-bond acceptors (Lipinski definition) is 5. The van der Waals surface area contributed by atoms with Crippen molar-refractivity contribution in [1.82, 2.24) is 25.1 Å². The Balaban J connectivity index is 1.57. The lowest BCUT2D eigenvalue weighted by atomic mass is 9.94. The largest absolute Gasteiger partial charge is 0.439 e. The number of ether oxygens (including phenoxy) is 1. The number of hydrogen-bond donors (Lipinski definition) is 1. The molecule has 30 heavy (non-hydrogen) atoms. The fourth-order valence-electron chi connectivity index (χ4n) is 3.84. The van der Waals surface area contributed by atoms with Gasteiger partial charge in [0, 0.05) is 18.5 Å². The van der Waals surface area contributed by atoms with Crippen molar-refractivity contribution < 1.29 is 13.5 Å². The summed E-state index contributed by atoms with van der Waals surface area (Å²) in [4.78, 5) is 7.86. The van der Waals surface area contributed by atoms with Crippen LogP contribution in [0, 0.1) is 11.8 Å². The zero-order valence-electron chi connectivity index (χ0n) is 16.1. The summed E-state index contributed by atoms with van der Waals surface area (Å²) in [5, 5.41) is 8.29. The van der Waals surface area contributed by atoms with Gasteiger partial charge in [0.2, 0.25) is 11.8 Å². The number of para-hydroxylation sites is 1. The molecule has 1 aliphatic rings. The first kappa shape index (κ1) is 18.6. The van der Waals surface area contributed by atoms with E-state index < -0.39 is 11.8 Å². The van der Waals surface area contributed by atoms with Gasteiger partial charge in [-0.2, -0.15) is 14.5 Å². The number of fused-ring (bicyclic) bond motifs is 1. The maximum atomic E-state index is 14.9. The Morgan fingerprint density at radius 1 is 1.07 bits per heavy atom. The predicted molar refractivity (Wildman–Crippen MR) is 108 cm³/mol. The molecule has 1 fully saturated rings. The molecule has 8 heteroatoms. The highest BCUT2D eigenvalue weighted by Crippen LogP contribution is 2.33. The third kappa shape index (κ3) is 3.39. The molecule has 1 aromatic carbocycles. The first-order chi connectivity index (χ1) is 14.7. The highest BCUT2D eigenvalue weighted by Gasteiger charge is 2.25. The molecule has 152 valence electrons. The number of pyridine rings is 2. The van der Waals surface area contributed by atoms with E-state index in [1.807, 2.05) is 18.2 Å². The number of nitrogens with zero attached hydrogens (tertiary/aromatic N) is 4. The molecule has 6 nitrogen and oxygen atoms in total. The molecule has 0 spiro atoms. The molecule has 1 atom stereocenters. The van der Waals surface area contributed by atoms with E-state index in [2.05, 4.69) is 20.4 Å². The minimum absolute atomic E-state index is 0.0520. The first-order valence-corrected chi connectivity index (χ1v) is 9.83. The summed E-state index contributed by atoms with van der Waals surface area (Å²) >= 11 is 0. The Morgan fingerprint density at radius 2 is 1.93 bits per heavy atom.